The van der Waals surface area contributed by atoms with Crippen LogP contribution in [0, 0.1) is 0 Å². The molecule has 0 amide bonds. The van der Waals surface area contributed by atoms with E-state index < -0.39 is 5.97 Å². The standard InChI is InChI=1S/C12H14O4/c1-3-16-12(14)8-10(13)9-6-4-5-7-11(9)15-2/h4-8,13H,3H2,1-2H3. The van der Waals surface area contributed by atoms with Crippen LogP contribution in [0.3, 0.4) is 0 Å². The Hall–Kier alpha value is -1.97. The zero-order valence-corrected chi connectivity index (χ0v) is 9.27. The largest absolute Gasteiger partial charge is 0.507 e. The lowest BCUT2D eigenvalue weighted by Crippen LogP contribution is -2.01. The minimum absolute atomic E-state index is 0.170. The first-order valence-corrected chi connectivity index (χ1v) is 4.89. The van der Waals surface area contributed by atoms with E-state index in [0.29, 0.717) is 11.3 Å². The predicted octanol–water partition coefficient (Wildman–Crippen LogP) is 2.16. The highest BCUT2D eigenvalue weighted by Gasteiger charge is 2.08. The number of rotatable bonds is 4. The number of ether oxygens (including phenoxy) is 2. The van der Waals surface area contributed by atoms with E-state index in [9.17, 15) is 9.90 Å². The first kappa shape index (κ1) is 12.1. The van der Waals surface area contributed by atoms with Gasteiger partial charge in [-0.1, -0.05) is 12.1 Å². The zero-order chi connectivity index (χ0) is 12.0. The summed E-state index contributed by atoms with van der Waals surface area (Å²) in [5.74, 6) is -0.248. The van der Waals surface area contributed by atoms with Gasteiger partial charge in [0, 0.05) is 0 Å². The van der Waals surface area contributed by atoms with Crippen LogP contribution in [-0.2, 0) is 9.53 Å². The highest BCUT2D eigenvalue weighted by molar-refractivity contribution is 5.90. The van der Waals surface area contributed by atoms with Crippen molar-refractivity contribution < 1.29 is 19.4 Å². The van der Waals surface area contributed by atoms with Crippen LogP contribution in [0.2, 0.25) is 0 Å². The van der Waals surface area contributed by atoms with Gasteiger partial charge in [0.15, 0.2) is 0 Å². The van der Waals surface area contributed by atoms with Gasteiger partial charge in [0.25, 0.3) is 0 Å². The number of aliphatic hydroxyl groups is 1. The topological polar surface area (TPSA) is 55.8 Å². The average molecular weight is 222 g/mol. The molecule has 0 aliphatic carbocycles. The van der Waals surface area contributed by atoms with Crippen molar-refractivity contribution in [2.75, 3.05) is 13.7 Å². The van der Waals surface area contributed by atoms with Gasteiger partial charge in [-0.05, 0) is 19.1 Å². The molecule has 0 radical (unpaired) electrons. The highest BCUT2D eigenvalue weighted by Crippen LogP contribution is 2.23. The van der Waals surface area contributed by atoms with Gasteiger partial charge in [0.05, 0.1) is 25.4 Å². The van der Waals surface area contributed by atoms with E-state index >= 15 is 0 Å². The second-order valence-corrected chi connectivity index (χ2v) is 2.98. The molecule has 0 aliphatic heterocycles. The molecule has 0 unspecified atom stereocenters. The summed E-state index contributed by atoms with van der Waals surface area (Å²) in [6.45, 7) is 1.97. The van der Waals surface area contributed by atoms with E-state index in [1.54, 1.807) is 31.2 Å². The molecule has 0 aromatic heterocycles. The third kappa shape index (κ3) is 3.02. The summed E-state index contributed by atoms with van der Waals surface area (Å²) in [4.78, 5) is 11.1. The molecule has 86 valence electrons. The molecule has 0 bridgehead atoms. The van der Waals surface area contributed by atoms with Crippen molar-refractivity contribution in [3.63, 3.8) is 0 Å². The smallest absolute Gasteiger partial charge is 0.334 e. The van der Waals surface area contributed by atoms with Crippen molar-refractivity contribution in [1.29, 1.82) is 0 Å². The van der Waals surface area contributed by atoms with Crippen molar-refractivity contribution >= 4 is 11.7 Å². The molecule has 1 aromatic carbocycles. The quantitative estimate of drug-likeness (QED) is 0.482. The number of carbonyl (C=O) groups is 1. The third-order valence-electron chi connectivity index (χ3n) is 1.92. The first-order valence-electron chi connectivity index (χ1n) is 4.89. The van der Waals surface area contributed by atoms with Crippen LogP contribution in [-0.4, -0.2) is 24.8 Å². The Kier molecular flexibility index (Phi) is 4.39. The fraction of sp³-hybridized carbons (Fsp3) is 0.250. The maximum atomic E-state index is 11.1. The molecule has 0 fully saturated rings. The molecule has 0 atom stereocenters. The van der Waals surface area contributed by atoms with E-state index in [-0.39, 0.29) is 12.4 Å². The molecule has 0 saturated heterocycles. The molecule has 1 N–H and O–H groups in total. The summed E-state index contributed by atoms with van der Waals surface area (Å²) in [6.07, 6.45) is 1.03. The van der Waals surface area contributed by atoms with Gasteiger partial charge in [0.1, 0.15) is 11.5 Å². The van der Waals surface area contributed by atoms with Crippen molar-refractivity contribution in [3.8, 4) is 5.75 Å². The van der Waals surface area contributed by atoms with Crippen molar-refractivity contribution in [3.05, 3.63) is 35.9 Å². The number of hydrogen-bond donors (Lipinski definition) is 1. The normalized spacial score (nSPS) is 11.0. The molecular weight excluding hydrogens is 208 g/mol. The van der Waals surface area contributed by atoms with Gasteiger partial charge in [0.2, 0.25) is 0 Å². The van der Waals surface area contributed by atoms with E-state index in [0.717, 1.165) is 6.08 Å². The van der Waals surface area contributed by atoms with E-state index in [4.69, 9.17) is 9.47 Å². The lowest BCUT2D eigenvalue weighted by atomic mass is 10.1. The van der Waals surface area contributed by atoms with Gasteiger partial charge >= 0.3 is 5.97 Å². The number of methoxy groups -OCH3 is 1. The van der Waals surface area contributed by atoms with Gasteiger partial charge < -0.3 is 14.6 Å². The molecule has 0 saturated carbocycles. The fourth-order valence-corrected chi connectivity index (χ4v) is 1.23. The number of aliphatic hydroxyl groups excluding tert-OH is 1. The summed E-state index contributed by atoms with van der Waals surface area (Å²) in [6, 6.07) is 6.88. The van der Waals surface area contributed by atoms with Crippen LogP contribution in [0.1, 0.15) is 12.5 Å². The zero-order valence-electron chi connectivity index (χ0n) is 9.27. The molecule has 1 rings (SSSR count). The minimum Gasteiger partial charge on any atom is -0.507 e. The van der Waals surface area contributed by atoms with Crippen molar-refractivity contribution in [2.24, 2.45) is 0 Å². The van der Waals surface area contributed by atoms with Crippen LogP contribution in [0.15, 0.2) is 30.3 Å². The maximum absolute atomic E-state index is 11.1. The number of carbonyl (C=O) groups excluding carboxylic acids is 1. The molecular formula is C12H14O4. The van der Waals surface area contributed by atoms with Crippen LogP contribution < -0.4 is 4.74 Å². The monoisotopic (exact) mass is 222 g/mol. The van der Waals surface area contributed by atoms with Gasteiger partial charge in [-0.15, -0.1) is 0 Å². The number of esters is 1. The van der Waals surface area contributed by atoms with Crippen LogP contribution in [0.25, 0.3) is 5.76 Å². The summed E-state index contributed by atoms with van der Waals surface area (Å²) >= 11 is 0. The Morgan fingerprint density at radius 2 is 2.12 bits per heavy atom. The number of hydrogen-bond acceptors (Lipinski definition) is 4. The number of para-hydroxylation sites is 1. The van der Waals surface area contributed by atoms with Crippen molar-refractivity contribution in [2.45, 2.75) is 6.92 Å². The number of benzene rings is 1. The Morgan fingerprint density at radius 1 is 1.44 bits per heavy atom. The Labute approximate surface area is 94.1 Å². The summed E-state index contributed by atoms with van der Waals surface area (Å²) < 4.78 is 9.75. The second kappa shape index (κ2) is 5.80. The van der Waals surface area contributed by atoms with Crippen molar-refractivity contribution in [1.82, 2.24) is 0 Å². The minimum atomic E-state index is -0.578. The second-order valence-electron chi connectivity index (χ2n) is 2.98. The molecule has 0 aliphatic rings. The van der Waals surface area contributed by atoms with Gasteiger partial charge in [-0.2, -0.15) is 0 Å². The van der Waals surface area contributed by atoms with Crippen LogP contribution in [0.4, 0.5) is 0 Å². The van der Waals surface area contributed by atoms with Gasteiger partial charge in [-0.3, -0.25) is 0 Å². The first-order chi connectivity index (χ1) is 7.69. The average Bonchev–Trinajstić information content (AvgIpc) is 2.29. The molecule has 16 heavy (non-hydrogen) atoms. The molecule has 1 aromatic rings. The van der Waals surface area contributed by atoms with E-state index in [1.165, 1.54) is 7.11 Å². The molecule has 0 heterocycles. The third-order valence-corrected chi connectivity index (χ3v) is 1.92. The maximum Gasteiger partial charge on any atom is 0.334 e. The Balaban J connectivity index is 2.95. The molecule has 4 heteroatoms. The lowest BCUT2D eigenvalue weighted by Gasteiger charge is -2.06. The highest BCUT2D eigenvalue weighted by atomic mass is 16.5. The fourth-order valence-electron chi connectivity index (χ4n) is 1.23. The SMILES string of the molecule is CCOC(=O)C=C(O)c1ccccc1OC. The Morgan fingerprint density at radius 3 is 2.75 bits per heavy atom. The van der Waals surface area contributed by atoms with E-state index in [1.807, 2.05) is 0 Å². The molecule has 4 nitrogen and oxygen atoms in total. The summed E-state index contributed by atoms with van der Waals surface area (Å²) in [7, 11) is 1.50. The Bertz CT molecular complexity index is 396. The van der Waals surface area contributed by atoms with Crippen LogP contribution >= 0.6 is 0 Å². The van der Waals surface area contributed by atoms with E-state index in [2.05, 4.69) is 0 Å². The summed E-state index contributed by atoms with van der Waals surface area (Å²) in [5, 5.41) is 9.71. The summed E-state index contributed by atoms with van der Waals surface area (Å²) in [5.41, 5.74) is 0.457. The molecule has 0 spiro atoms. The van der Waals surface area contributed by atoms with Crippen LogP contribution in [0.5, 0.6) is 5.75 Å². The lowest BCUT2D eigenvalue weighted by molar-refractivity contribution is -0.137. The predicted molar refractivity (Wildman–Crippen MR) is 60.2 cm³/mol. The van der Waals surface area contributed by atoms with Gasteiger partial charge in [-0.25, -0.2) is 4.79 Å².